The summed E-state index contributed by atoms with van der Waals surface area (Å²) in [5, 5.41) is -0.323. The Balaban J connectivity index is 2.35. The zero-order valence-electron chi connectivity index (χ0n) is 5.30. The van der Waals surface area contributed by atoms with E-state index in [9.17, 15) is 4.79 Å². The maximum atomic E-state index is 10.3. The summed E-state index contributed by atoms with van der Waals surface area (Å²) < 4.78 is 0. The third kappa shape index (κ3) is 2.19. The summed E-state index contributed by atoms with van der Waals surface area (Å²) in [6, 6.07) is 0. The van der Waals surface area contributed by atoms with Gasteiger partial charge < -0.3 is 4.98 Å². The van der Waals surface area contributed by atoms with Crippen LogP contribution in [0.2, 0.25) is 0 Å². The Labute approximate surface area is 63.4 Å². The van der Waals surface area contributed by atoms with Gasteiger partial charge in [-0.1, -0.05) is 0 Å². The number of carbonyl (C=O) groups is 1. The molecule has 0 spiro atoms. The fourth-order valence-corrected chi connectivity index (χ4v) is 0.746. The van der Waals surface area contributed by atoms with Crippen molar-refractivity contribution in [2.75, 3.05) is 0 Å². The van der Waals surface area contributed by atoms with Gasteiger partial charge >= 0.3 is 0 Å². The molecule has 1 aromatic heterocycles. The van der Waals surface area contributed by atoms with Gasteiger partial charge in [-0.3, -0.25) is 4.79 Å². The highest BCUT2D eigenvalue weighted by Crippen LogP contribution is 1.97. The minimum Gasteiger partial charge on any atom is -0.349 e. The van der Waals surface area contributed by atoms with Crippen LogP contribution in [0, 0.1) is 0 Å². The van der Waals surface area contributed by atoms with Crippen LogP contribution < -0.4 is 0 Å². The molecule has 10 heavy (non-hydrogen) atoms. The lowest BCUT2D eigenvalue weighted by atomic mass is 10.3. The highest BCUT2D eigenvalue weighted by atomic mass is 35.5. The lowest BCUT2D eigenvalue weighted by Gasteiger charge is -1.88. The van der Waals surface area contributed by atoms with E-state index in [0.717, 1.165) is 5.82 Å². The molecule has 0 saturated carbocycles. The summed E-state index contributed by atoms with van der Waals surface area (Å²) in [5.74, 6) is 0.800. The highest BCUT2D eigenvalue weighted by molar-refractivity contribution is 6.63. The van der Waals surface area contributed by atoms with E-state index in [1.807, 2.05) is 0 Å². The standard InChI is InChI=1S/C6H7ClN2O/c7-5(10)1-2-6-8-3-4-9-6/h3-4H,1-2H2,(H,8,9). The Morgan fingerprint density at radius 1 is 1.80 bits per heavy atom. The predicted molar refractivity (Wildman–Crippen MR) is 37.8 cm³/mol. The Morgan fingerprint density at radius 2 is 2.60 bits per heavy atom. The average Bonchev–Trinajstić information content (AvgIpc) is 2.34. The zero-order valence-corrected chi connectivity index (χ0v) is 6.06. The normalized spacial score (nSPS) is 9.70. The lowest BCUT2D eigenvalue weighted by Crippen LogP contribution is -1.92. The van der Waals surface area contributed by atoms with Gasteiger partial charge in [0.25, 0.3) is 0 Å². The predicted octanol–water partition coefficient (Wildman–Crippen LogP) is 1.11. The van der Waals surface area contributed by atoms with E-state index in [1.54, 1.807) is 12.4 Å². The van der Waals surface area contributed by atoms with Crippen LogP contribution >= 0.6 is 11.6 Å². The minimum atomic E-state index is -0.323. The van der Waals surface area contributed by atoms with Crippen LogP contribution in [0.1, 0.15) is 12.2 Å². The fourth-order valence-electron chi connectivity index (χ4n) is 0.651. The molecule has 0 aliphatic rings. The average molecular weight is 159 g/mol. The fraction of sp³-hybridized carbons (Fsp3) is 0.333. The van der Waals surface area contributed by atoms with E-state index in [2.05, 4.69) is 9.97 Å². The van der Waals surface area contributed by atoms with E-state index < -0.39 is 0 Å². The van der Waals surface area contributed by atoms with Crippen molar-refractivity contribution in [3.8, 4) is 0 Å². The maximum absolute atomic E-state index is 10.3. The molecule has 0 radical (unpaired) electrons. The van der Waals surface area contributed by atoms with Gasteiger partial charge in [-0.2, -0.15) is 0 Å². The molecule has 1 rings (SSSR count). The molecule has 1 N–H and O–H groups in total. The van der Waals surface area contributed by atoms with E-state index in [1.165, 1.54) is 0 Å². The summed E-state index contributed by atoms with van der Waals surface area (Å²) in [7, 11) is 0. The number of rotatable bonds is 3. The lowest BCUT2D eigenvalue weighted by molar-refractivity contribution is -0.111. The largest absolute Gasteiger partial charge is 0.349 e. The number of hydrogen-bond acceptors (Lipinski definition) is 2. The molecule has 0 atom stereocenters. The molecule has 0 fully saturated rings. The number of nitrogens with one attached hydrogen (secondary N) is 1. The minimum absolute atomic E-state index is 0.323. The number of carbonyl (C=O) groups excluding carboxylic acids is 1. The van der Waals surface area contributed by atoms with E-state index in [0.29, 0.717) is 12.8 Å². The van der Waals surface area contributed by atoms with Gasteiger partial charge in [0, 0.05) is 25.2 Å². The van der Waals surface area contributed by atoms with Gasteiger partial charge in [-0.15, -0.1) is 0 Å². The van der Waals surface area contributed by atoms with Crippen molar-refractivity contribution in [2.24, 2.45) is 0 Å². The number of H-pyrrole nitrogens is 1. The van der Waals surface area contributed by atoms with Crippen molar-refractivity contribution in [1.29, 1.82) is 0 Å². The van der Waals surface area contributed by atoms with E-state index in [-0.39, 0.29) is 5.24 Å². The van der Waals surface area contributed by atoms with Crippen LogP contribution in [0.4, 0.5) is 0 Å². The first kappa shape index (κ1) is 7.28. The van der Waals surface area contributed by atoms with Crippen molar-refractivity contribution in [3.63, 3.8) is 0 Å². The Morgan fingerprint density at radius 3 is 3.10 bits per heavy atom. The molecule has 1 heterocycles. The smallest absolute Gasteiger partial charge is 0.222 e. The quantitative estimate of drug-likeness (QED) is 0.670. The molecular formula is C6H7ClN2O. The molecule has 0 aliphatic carbocycles. The SMILES string of the molecule is O=C(Cl)CCc1ncc[nH]1. The van der Waals surface area contributed by atoms with Gasteiger partial charge in [0.05, 0.1) is 0 Å². The first-order valence-electron chi connectivity index (χ1n) is 2.95. The van der Waals surface area contributed by atoms with Crippen molar-refractivity contribution in [1.82, 2.24) is 9.97 Å². The monoisotopic (exact) mass is 158 g/mol. The first-order valence-corrected chi connectivity index (χ1v) is 3.33. The van der Waals surface area contributed by atoms with Crippen LogP contribution in [-0.4, -0.2) is 15.2 Å². The molecule has 3 nitrogen and oxygen atoms in total. The van der Waals surface area contributed by atoms with Crippen LogP contribution in [-0.2, 0) is 11.2 Å². The van der Waals surface area contributed by atoms with Crippen LogP contribution in [0.5, 0.6) is 0 Å². The third-order valence-corrected chi connectivity index (χ3v) is 1.30. The molecule has 54 valence electrons. The molecular weight excluding hydrogens is 152 g/mol. The Kier molecular flexibility index (Phi) is 2.45. The molecule has 0 amide bonds. The second kappa shape index (κ2) is 3.37. The summed E-state index contributed by atoms with van der Waals surface area (Å²) in [6.45, 7) is 0. The van der Waals surface area contributed by atoms with Gasteiger partial charge in [0.1, 0.15) is 5.82 Å². The van der Waals surface area contributed by atoms with Crippen molar-refractivity contribution >= 4 is 16.8 Å². The number of aryl methyl sites for hydroxylation is 1. The number of aromatic nitrogens is 2. The topological polar surface area (TPSA) is 45.8 Å². The zero-order chi connectivity index (χ0) is 7.40. The molecule has 4 heteroatoms. The number of hydrogen-bond donors (Lipinski definition) is 1. The molecule has 0 saturated heterocycles. The summed E-state index contributed by atoms with van der Waals surface area (Å²) >= 11 is 5.11. The molecule has 0 aromatic carbocycles. The Bertz CT molecular complexity index is 208. The van der Waals surface area contributed by atoms with Gasteiger partial charge in [0.2, 0.25) is 5.24 Å². The molecule has 0 bridgehead atoms. The Hall–Kier alpha value is -0.830. The van der Waals surface area contributed by atoms with Crippen molar-refractivity contribution < 1.29 is 4.79 Å². The number of aromatic amines is 1. The van der Waals surface area contributed by atoms with Crippen molar-refractivity contribution in [2.45, 2.75) is 12.8 Å². The highest BCUT2D eigenvalue weighted by Gasteiger charge is 1.98. The number of nitrogens with zero attached hydrogens (tertiary/aromatic N) is 1. The second-order valence-electron chi connectivity index (χ2n) is 1.89. The first-order chi connectivity index (χ1) is 4.79. The van der Waals surface area contributed by atoms with E-state index >= 15 is 0 Å². The van der Waals surface area contributed by atoms with Crippen LogP contribution in [0.15, 0.2) is 12.4 Å². The van der Waals surface area contributed by atoms with Gasteiger partial charge in [-0.25, -0.2) is 4.98 Å². The van der Waals surface area contributed by atoms with Gasteiger partial charge in [0.15, 0.2) is 0 Å². The number of halogens is 1. The number of imidazole rings is 1. The second-order valence-corrected chi connectivity index (χ2v) is 2.31. The van der Waals surface area contributed by atoms with Crippen LogP contribution in [0.25, 0.3) is 0 Å². The van der Waals surface area contributed by atoms with Gasteiger partial charge in [-0.05, 0) is 11.6 Å². The van der Waals surface area contributed by atoms with E-state index in [4.69, 9.17) is 11.6 Å². The summed E-state index contributed by atoms with van der Waals surface area (Å²) in [4.78, 5) is 17.1. The molecule has 0 unspecified atom stereocenters. The molecule has 1 aromatic rings. The summed E-state index contributed by atoms with van der Waals surface area (Å²) in [6.07, 6.45) is 4.30. The third-order valence-electron chi connectivity index (χ3n) is 1.11. The van der Waals surface area contributed by atoms with Crippen molar-refractivity contribution in [3.05, 3.63) is 18.2 Å². The summed E-state index contributed by atoms with van der Waals surface area (Å²) in [5.41, 5.74) is 0. The molecule has 0 aliphatic heterocycles. The maximum Gasteiger partial charge on any atom is 0.222 e. The van der Waals surface area contributed by atoms with Crippen LogP contribution in [0.3, 0.4) is 0 Å².